The molecule has 1 aliphatic carbocycles. The molecule has 0 bridgehead atoms. The van der Waals surface area contributed by atoms with Crippen molar-refractivity contribution in [1.29, 1.82) is 0 Å². The summed E-state index contributed by atoms with van der Waals surface area (Å²) in [7, 11) is 0. The smallest absolute Gasteiger partial charge is 0.235 e. The predicted molar refractivity (Wildman–Crippen MR) is 81.8 cm³/mol. The fraction of sp³-hybridized carbons (Fsp3) is 0.278. The average Bonchev–Trinajstić information content (AvgIpc) is 3.31. The summed E-state index contributed by atoms with van der Waals surface area (Å²) < 4.78 is 0. The van der Waals surface area contributed by atoms with E-state index in [4.69, 9.17) is 0 Å². The van der Waals surface area contributed by atoms with Gasteiger partial charge in [0.1, 0.15) is 0 Å². The van der Waals surface area contributed by atoms with E-state index in [9.17, 15) is 4.79 Å². The number of anilines is 1. The van der Waals surface area contributed by atoms with Crippen LogP contribution in [0.5, 0.6) is 0 Å². The van der Waals surface area contributed by atoms with E-state index in [1.165, 1.54) is 5.56 Å². The van der Waals surface area contributed by atoms with E-state index in [1.54, 1.807) is 0 Å². The first-order chi connectivity index (χ1) is 9.74. The van der Waals surface area contributed by atoms with Crippen molar-refractivity contribution in [1.82, 2.24) is 0 Å². The van der Waals surface area contributed by atoms with Gasteiger partial charge in [-0.2, -0.15) is 0 Å². The molecule has 1 N–H and O–H groups in total. The largest absolute Gasteiger partial charge is 0.325 e. The van der Waals surface area contributed by atoms with Crippen LogP contribution < -0.4 is 5.32 Å². The molecule has 1 amide bonds. The Kier molecular flexibility index (Phi) is 3.31. The Morgan fingerprint density at radius 3 is 2.25 bits per heavy atom. The Labute approximate surface area is 119 Å². The highest BCUT2D eigenvalue weighted by Gasteiger charge is 2.51. The van der Waals surface area contributed by atoms with Gasteiger partial charge in [-0.15, -0.1) is 0 Å². The molecule has 1 saturated carbocycles. The Morgan fingerprint density at radius 1 is 1.05 bits per heavy atom. The van der Waals surface area contributed by atoms with Crippen molar-refractivity contribution >= 4 is 11.6 Å². The van der Waals surface area contributed by atoms with Crippen LogP contribution in [0.1, 0.15) is 30.9 Å². The number of rotatable bonds is 4. The van der Waals surface area contributed by atoms with Gasteiger partial charge in [-0.05, 0) is 42.5 Å². The second-order valence-corrected chi connectivity index (χ2v) is 5.45. The molecule has 2 aromatic rings. The lowest BCUT2D eigenvalue weighted by molar-refractivity contribution is -0.118. The predicted octanol–water partition coefficient (Wildman–Crippen LogP) is 3.92. The third-order valence-electron chi connectivity index (χ3n) is 4.13. The number of carbonyl (C=O) groups excluding carboxylic acids is 1. The molecule has 0 aromatic heterocycles. The number of amides is 1. The molecule has 0 unspecified atom stereocenters. The summed E-state index contributed by atoms with van der Waals surface area (Å²) in [6.07, 6.45) is 2.90. The molecular weight excluding hydrogens is 246 g/mol. The van der Waals surface area contributed by atoms with Gasteiger partial charge >= 0.3 is 0 Å². The summed E-state index contributed by atoms with van der Waals surface area (Å²) in [5.74, 6) is 0.118. The van der Waals surface area contributed by atoms with Crippen LogP contribution >= 0.6 is 0 Å². The van der Waals surface area contributed by atoms with Crippen LogP contribution in [-0.2, 0) is 16.6 Å². The normalized spacial score (nSPS) is 15.7. The number of hydrogen-bond donors (Lipinski definition) is 1. The maximum atomic E-state index is 12.5. The van der Waals surface area contributed by atoms with Gasteiger partial charge in [-0.25, -0.2) is 0 Å². The molecule has 1 aliphatic rings. The summed E-state index contributed by atoms with van der Waals surface area (Å²) in [4.78, 5) is 12.5. The molecule has 2 aromatic carbocycles. The van der Waals surface area contributed by atoms with Crippen LogP contribution in [0.2, 0.25) is 0 Å². The molecule has 0 saturated heterocycles. The number of nitrogens with one attached hydrogen (secondary N) is 1. The van der Waals surface area contributed by atoms with Crippen LogP contribution in [0.25, 0.3) is 0 Å². The standard InChI is InChI=1S/C18H19NO/c1-2-14-8-10-16(11-9-14)19-17(20)18(12-13-18)15-6-4-3-5-7-15/h3-11H,2,12-13H2,1H3,(H,19,20). The third-order valence-corrected chi connectivity index (χ3v) is 4.13. The molecule has 0 spiro atoms. The Balaban J connectivity index is 1.76. The minimum atomic E-state index is -0.301. The van der Waals surface area contributed by atoms with E-state index in [0.717, 1.165) is 30.5 Å². The molecule has 2 nitrogen and oxygen atoms in total. The Hall–Kier alpha value is -2.09. The summed E-state index contributed by atoms with van der Waals surface area (Å²) in [6.45, 7) is 2.13. The van der Waals surface area contributed by atoms with Crippen molar-refractivity contribution in [2.45, 2.75) is 31.6 Å². The monoisotopic (exact) mass is 265 g/mol. The van der Waals surface area contributed by atoms with E-state index in [-0.39, 0.29) is 11.3 Å². The lowest BCUT2D eigenvalue weighted by atomic mass is 9.95. The summed E-state index contributed by atoms with van der Waals surface area (Å²) >= 11 is 0. The summed E-state index contributed by atoms with van der Waals surface area (Å²) in [5.41, 5.74) is 2.99. The fourth-order valence-electron chi connectivity index (χ4n) is 2.60. The third kappa shape index (κ3) is 2.34. The molecule has 0 atom stereocenters. The lowest BCUT2D eigenvalue weighted by Gasteiger charge is -2.16. The summed E-state index contributed by atoms with van der Waals surface area (Å²) in [6, 6.07) is 18.2. The van der Waals surface area contributed by atoms with Gasteiger partial charge in [-0.3, -0.25) is 4.79 Å². The minimum absolute atomic E-state index is 0.118. The second kappa shape index (κ2) is 5.12. The number of benzene rings is 2. The zero-order chi connectivity index (χ0) is 14.0. The summed E-state index contributed by atoms with van der Waals surface area (Å²) in [5, 5.41) is 3.06. The maximum absolute atomic E-state index is 12.5. The zero-order valence-corrected chi connectivity index (χ0v) is 11.7. The van der Waals surface area contributed by atoms with E-state index in [2.05, 4.69) is 24.4 Å². The maximum Gasteiger partial charge on any atom is 0.235 e. The quantitative estimate of drug-likeness (QED) is 0.892. The van der Waals surface area contributed by atoms with Crippen molar-refractivity contribution in [3.05, 3.63) is 65.7 Å². The van der Waals surface area contributed by atoms with Gasteiger partial charge in [0, 0.05) is 5.69 Å². The molecule has 3 rings (SSSR count). The number of aryl methyl sites for hydroxylation is 1. The Bertz CT molecular complexity index is 597. The van der Waals surface area contributed by atoms with Crippen molar-refractivity contribution in [2.75, 3.05) is 5.32 Å². The second-order valence-electron chi connectivity index (χ2n) is 5.45. The van der Waals surface area contributed by atoms with Gasteiger partial charge in [-0.1, -0.05) is 49.4 Å². The lowest BCUT2D eigenvalue weighted by Crippen LogP contribution is -2.27. The minimum Gasteiger partial charge on any atom is -0.325 e. The number of carbonyl (C=O) groups is 1. The fourth-order valence-corrected chi connectivity index (χ4v) is 2.60. The molecule has 20 heavy (non-hydrogen) atoms. The van der Waals surface area contributed by atoms with Gasteiger partial charge in [0.05, 0.1) is 5.41 Å². The SMILES string of the molecule is CCc1ccc(NC(=O)C2(c3ccccc3)CC2)cc1. The van der Waals surface area contributed by atoms with Crippen LogP contribution in [0.3, 0.4) is 0 Å². The van der Waals surface area contributed by atoms with Gasteiger partial charge in [0.2, 0.25) is 5.91 Å². The first-order valence-electron chi connectivity index (χ1n) is 7.20. The van der Waals surface area contributed by atoms with Crippen molar-refractivity contribution in [3.63, 3.8) is 0 Å². The molecule has 0 radical (unpaired) electrons. The van der Waals surface area contributed by atoms with E-state index >= 15 is 0 Å². The van der Waals surface area contributed by atoms with Crippen LogP contribution in [0.4, 0.5) is 5.69 Å². The van der Waals surface area contributed by atoms with Crippen molar-refractivity contribution in [2.24, 2.45) is 0 Å². The topological polar surface area (TPSA) is 29.1 Å². The highest BCUT2D eigenvalue weighted by atomic mass is 16.2. The zero-order valence-electron chi connectivity index (χ0n) is 11.7. The van der Waals surface area contributed by atoms with E-state index < -0.39 is 0 Å². The highest BCUT2D eigenvalue weighted by Crippen LogP contribution is 2.48. The van der Waals surface area contributed by atoms with E-state index in [1.807, 2.05) is 42.5 Å². The van der Waals surface area contributed by atoms with Crippen LogP contribution in [0, 0.1) is 0 Å². The van der Waals surface area contributed by atoms with Gasteiger partial charge < -0.3 is 5.32 Å². The highest BCUT2D eigenvalue weighted by molar-refractivity contribution is 6.01. The van der Waals surface area contributed by atoms with Crippen molar-refractivity contribution in [3.8, 4) is 0 Å². The first-order valence-corrected chi connectivity index (χ1v) is 7.20. The average molecular weight is 265 g/mol. The number of hydrogen-bond acceptors (Lipinski definition) is 1. The molecule has 0 aliphatic heterocycles. The van der Waals surface area contributed by atoms with Crippen LogP contribution in [0.15, 0.2) is 54.6 Å². The molecule has 1 fully saturated rings. The first kappa shape index (κ1) is 12.9. The van der Waals surface area contributed by atoms with Crippen LogP contribution in [-0.4, -0.2) is 5.91 Å². The van der Waals surface area contributed by atoms with Crippen molar-refractivity contribution < 1.29 is 4.79 Å². The van der Waals surface area contributed by atoms with E-state index in [0.29, 0.717) is 0 Å². The Morgan fingerprint density at radius 2 is 1.70 bits per heavy atom. The molecule has 102 valence electrons. The van der Waals surface area contributed by atoms with Gasteiger partial charge in [0.15, 0.2) is 0 Å². The molecule has 2 heteroatoms. The van der Waals surface area contributed by atoms with Gasteiger partial charge in [0.25, 0.3) is 0 Å². The molecular formula is C18H19NO. The molecule has 0 heterocycles.